The van der Waals surface area contributed by atoms with E-state index < -0.39 is 6.61 Å². The van der Waals surface area contributed by atoms with Gasteiger partial charge in [0.1, 0.15) is 11.6 Å². The standard InChI is InChI=1S/C19H20F3N3O2.ClH/c20-14-3-1-2-13(10-14)17-11-23-8-9-25(17)12-18(26)24-15-4-6-16(7-5-15)27-19(21)22;/h1-7,10,17,19,23H,8-9,11-12H2,(H,24,26);1H. The first kappa shape index (κ1) is 22.0. The number of benzene rings is 2. The molecular weight excluding hydrogens is 395 g/mol. The fraction of sp³-hybridized carbons (Fsp3) is 0.316. The van der Waals surface area contributed by atoms with Crippen molar-refractivity contribution in [3.05, 3.63) is 59.9 Å². The summed E-state index contributed by atoms with van der Waals surface area (Å²) in [5.74, 6) is -0.523. The van der Waals surface area contributed by atoms with Crippen molar-refractivity contribution < 1.29 is 22.7 Å². The van der Waals surface area contributed by atoms with Crippen LogP contribution in [0.3, 0.4) is 0 Å². The molecule has 2 aromatic rings. The van der Waals surface area contributed by atoms with Crippen LogP contribution in [0.1, 0.15) is 11.6 Å². The highest BCUT2D eigenvalue weighted by molar-refractivity contribution is 5.92. The van der Waals surface area contributed by atoms with Gasteiger partial charge in [0.2, 0.25) is 5.91 Å². The highest BCUT2D eigenvalue weighted by atomic mass is 35.5. The van der Waals surface area contributed by atoms with E-state index in [4.69, 9.17) is 0 Å². The van der Waals surface area contributed by atoms with Crippen LogP contribution in [0, 0.1) is 5.82 Å². The first-order valence-electron chi connectivity index (χ1n) is 8.56. The first-order valence-corrected chi connectivity index (χ1v) is 8.56. The molecule has 1 fully saturated rings. The van der Waals surface area contributed by atoms with Gasteiger partial charge in [-0.1, -0.05) is 12.1 Å². The van der Waals surface area contributed by atoms with Crippen molar-refractivity contribution >= 4 is 24.0 Å². The number of piperazine rings is 1. The van der Waals surface area contributed by atoms with E-state index in [9.17, 15) is 18.0 Å². The van der Waals surface area contributed by atoms with Gasteiger partial charge >= 0.3 is 6.61 Å². The minimum absolute atomic E-state index is 0. The molecule has 0 bridgehead atoms. The fourth-order valence-corrected chi connectivity index (χ4v) is 3.08. The Bertz CT molecular complexity index is 777. The number of halogens is 4. The lowest BCUT2D eigenvalue weighted by atomic mass is 10.0. The number of ether oxygens (including phenoxy) is 1. The Morgan fingerprint density at radius 1 is 1.25 bits per heavy atom. The van der Waals surface area contributed by atoms with Crippen LogP contribution in [-0.4, -0.2) is 43.6 Å². The molecule has 1 atom stereocenters. The van der Waals surface area contributed by atoms with Gasteiger partial charge in [0.15, 0.2) is 0 Å². The molecule has 9 heteroatoms. The molecule has 1 aliphatic rings. The third-order valence-electron chi connectivity index (χ3n) is 4.30. The molecule has 5 nitrogen and oxygen atoms in total. The van der Waals surface area contributed by atoms with Crippen LogP contribution in [0.4, 0.5) is 18.9 Å². The maximum absolute atomic E-state index is 13.5. The van der Waals surface area contributed by atoms with E-state index >= 15 is 0 Å². The van der Waals surface area contributed by atoms with Crippen LogP contribution < -0.4 is 15.4 Å². The molecule has 28 heavy (non-hydrogen) atoms. The van der Waals surface area contributed by atoms with Gasteiger partial charge in [0.25, 0.3) is 0 Å². The molecule has 3 rings (SSSR count). The average molecular weight is 416 g/mol. The maximum atomic E-state index is 13.5. The molecule has 152 valence electrons. The van der Waals surface area contributed by atoms with Crippen LogP contribution in [-0.2, 0) is 4.79 Å². The minimum atomic E-state index is -2.89. The molecule has 0 aliphatic carbocycles. The van der Waals surface area contributed by atoms with Gasteiger partial charge in [-0.25, -0.2) is 4.39 Å². The van der Waals surface area contributed by atoms with E-state index in [1.54, 1.807) is 6.07 Å². The molecule has 1 aliphatic heterocycles. The highest BCUT2D eigenvalue weighted by Gasteiger charge is 2.25. The van der Waals surface area contributed by atoms with Gasteiger partial charge in [-0.2, -0.15) is 8.78 Å². The van der Waals surface area contributed by atoms with Crippen molar-refractivity contribution in [1.29, 1.82) is 0 Å². The molecule has 1 unspecified atom stereocenters. The summed E-state index contributed by atoms with van der Waals surface area (Å²) in [6.45, 7) is -0.749. The summed E-state index contributed by atoms with van der Waals surface area (Å²) >= 11 is 0. The topological polar surface area (TPSA) is 53.6 Å². The second kappa shape index (κ2) is 10.3. The monoisotopic (exact) mass is 415 g/mol. The lowest BCUT2D eigenvalue weighted by Crippen LogP contribution is -2.48. The van der Waals surface area contributed by atoms with Crippen LogP contribution in [0.5, 0.6) is 5.75 Å². The van der Waals surface area contributed by atoms with Crippen molar-refractivity contribution in [2.75, 3.05) is 31.5 Å². The van der Waals surface area contributed by atoms with Crippen molar-refractivity contribution in [1.82, 2.24) is 10.2 Å². The number of carbonyl (C=O) groups is 1. The third-order valence-corrected chi connectivity index (χ3v) is 4.30. The molecule has 1 heterocycles. The van der Waals surface area contributed by atoms with E-state index in [0.717, 1.165) is 12.1 Å². The lowest BCUT2D eigenvalue weighted by molar-refractivity contribution is -0.118. The minimum Gasteiger partial charge on any atom is -0.435 e. The number of hydrogen-bond acceptors (Lipinski definition) is 4. The molecule has 0 aromatic heterocycles. The zero-order chi connectivity index (χ0) is 19.2. The Morgan fingerprint density at radius 2 is 2.00 bits per heavy atom. The summed E-state index contributed by atoms with van der Waals surface area (Å²) in [6, 6.07) is 12.0. The van der Waals surface area contributed by atoms with Crippen molar-refractivity contribution in [2.24, 2.45) is 0 Å². The summed E-state index contributed by atoms with van der Waals surface area (Å²) in [4.78, 5) is 14.4. The lowest BCUT2D eigenvalue weighted by Gasteiger charge is -2.36. The van der Waals surface area contributed by atoms with E-state index in [0.29, 0.717) is 18.8 Å². The number of alkyl halides is 2. The zero-order valence-corrected chi connectivity index (χ0v) is 15.7. The van der Waals surface area contributed by atoms with Crippen molar-refractivity contribution in [2.45, 2.75) is 12.7 Å². The smallest absolute Gasteiger partial charge is 0.387 e. The summed E-state index contributed by atoms with van der Waals surface area (Å²) in [5, 5.41) is 5.99. The number of nitrogens with one attached hydrogen (secondary N) is 2. The van der Waals surface area contributed by atoms with Crippen molar-refractivity contribution in [3.63, 3.8) is 0 Å². The van der Waals surface area contributed by atoms with E-state index in [1.165, 1.54) is 36.4 Å². The molecule has 2 aromatic carbocycles. The molecule has 1 amide bonds. The van der Waals surface area contributed by atoms with Gasteiger partial charge in [-0.05, 0) is 42.0 Å². The largest absolute Gasteiger partial charge is 0.435 e. The van der Waals surface area contributed by atoms with E-state index in [2.05, 4.69) is 15.4 Å². The summed E-state index contributed by atoms with van der Waals surface area (Å²) in [7, 11) is 0. The Morgan fingerprint density at radius 3 is 2.68 bits per heavy atom. The number of rotatable bonds is 6. The number of anilines is 1. The third kappa shape index (κ3) is 6.12. The predicted molar refractivity (Wildman–Crippen MR) is 103 cm³/mol. The molecule has 0 radical (unpaired) electrons. The number of amides is 1. The van der Waals surface area contributed by atoms with Gasteiger partial charge in [-0.3, -0.25) is 9.69 Å². The van der Waals surface area contributed by atoms with Crippen molar-refractivity contribution in [3.8, 4) is 5.75 Å². The van der Waals surface area contributed by atoms with Gasteiger partial charge in [-0.15, -0.1) is 12.4 Å². The second-order valence-electron chi connectivity index (χ2n) is 6.20. The summed E-state index contributed by atoms with van der Waals surface area (Å²) in [6.07, 6.45) is 0. The quantitative estimate of drug-likeness (QED) is 0.759. The number of nitrogens with zero attached hydrogens (tertiary/aromatic N) is 1. The SMILES string of the molecule is Cl.O=C(CN1CCNCC1c1cccc(F)c1)Nc1ccc(OC(F)F)cc1. The maximum Gasteiger partial charge on any atom is 0.387 e. The van der Waals surface area contributed by atoms with Crippen LogP contribution in [0.2, 0.25) is 0 Å². The Hall–Kier alpha value is -2.29. The average Bonchev–Trinajstić information content (AvgIpc) is 2.63. The Kier molecular flexibility index (Phi) is 8.10. The molecular formula is C19H21ClF3N3O2. The highest BCUT2D eigenvalue weighted by Crippen LogP contribution is 2.23. The summed E-state index contributed by atoms with van der Waals surface area (Å²) in [5.41, 5.74) is 1.29. The normalized spacial score (nSPS) is 17.1. The van der Waals surface area contributed by atoms with E-state index in [-0.39, 0.29) is 42.5 Å². The van der Waals surface area contributed by atoms with Crippen LogP contribution in [0.15, 0.2) is 48.5 Å². The van der Waals surface area contributed by atoms with Crippen LogP contribution >= 0.6 is 12.4 Å². The van der Waals surface area contributed by atoms with Gasteiger partial charge in [0.05, 0.1) is 6.54 Å². The van der Waals surface area contributed by atoms with E-state index in [1.807, 2.05) is 11.0 Å². The van der Waals surface area contributed by atoms with Gasteiger partial charge in [0, 0.05) is 31.4 Å². The molecule has 1 saturated heterocycles. The summed E-state index contributed by atoms with van der Waals surface area (Å²) < 4.78 is 42.1. The Balaban J connectivity index is 0.00000280. The first-order chi connectivity index (χ1) is 13.0. The fourth-order valence-electron chi connectivity index (χ4n) is 3.08. The second-order valence-corrected chi connectivity index (χ2v) is 6.20. The van der Waals surface area contributed by atoms with Gasteiger partial charge < -0.3 is 15.4 Å². The predicted octanol–water partition coefficient (Wildman–Crippen LogP) is 3.43. The number of hydrogen-bond donors (Lipinski definition) is 2. The number of carbonyl (C=O) groups excluding carboxylic acids is 1. The van der Waals surface area contributed by atoms with Crippen LogP contribution in [0.25, 0.3) is 0 Å². The molecule has 0 saturated carbocycles. The Labute approximate surface area is 167 Å². The molecule has 2 N–H and O–H groups in total. The zero-order valence-electron chi connectivity index (χ0n) is 14.9. The molecule has 0 spiro atoms.